The molecular weight excluding hydrogens is 346 g/mol. The van der Waals surface area contributed by atoms with Gasteiger partial charge >= 0.3 is 0 Å². The SMILES string of the molecule is CC(C)C(=O)NCCNC(=O)c1ccccc1Sc1ccccc1C#N. The van der Waals surface area contributed by atoms with E-state index in [4.69, 9.17) is 0 Å². The largest absolute Gasteiger partial charge is 0.354 e. The normalized spacial score (nSPS) is 10.2. The molecule has 2 aromatic rings. The number of amides is 2. The molecule has 0 aliphatic rings. The molecule has 2 N–H and O–H groups in total. The number of nitriles is 1. The van der Waals surface area contributed by atoms with Crippen molar-refractivity contribution in [3.8, 4) is 6.07 Å². The number of nitrogens with zero attached hydrogens (tertiary/aromatic N) is 1. The van der Waals surface area contributed by atoms with Gasteiger partial charge in [-0.3, -0.25) is 9.59 Å². The van der Waals surface area contributed by atoms with E-state index in [2.05, 4.69) is 16.7 Å². The molecule has 2 rings (SSSR count). The quantitative estimate of drug-likeness (QED) is 0.736. The minimum Gasteiger partial charge on any atom is -0.354 e. The summed E-state index contributed by atoms with van der Waals surface area (Å²) in [5.41, 5.74) is 1.12. The van der Waals surface area contributed by atoms with Crippen LogP contribution < -0.4 is 10.6 Å². The first-order valence-corrected chi connectivity index (χ1v) is 9.16. The fourth-order valence-electron chi connectivity index (χ4n) is 2.17. The Labute approximate surface area is 157 Å². The van der Waals surface area contributed by atoms with Gasteiger partial charge in [0, 0.05) is 28.8 Å². The van der Waals surface area contributed by atoms with Crippen LogP contribution in [-0.4, -0.2) is 24.9 Å². The standard InChI is InChI=1S/C20H21N3O2S/c1-14(2)19(24)22-11-12-23-20(25)16-8-4-6-10-18(16)26-17-9-5-3-7-15(17)13-21/h3-10,14H,11-12H2,1-2H3,(H,22,24)(H,23,25). The van der Waals surface area contributed by atoms with Crippen molar-refractivity contribution in [2.24, 2.45) is 5.92 Å². The van der Waals surface area contributed by atoms with E-state index in [-0.39, 0.29) is 17.7 Å². The summed E-state index contributed by atoms with van der Waals surface area (Å²) < 4.78 is 0. The molecule has 0 heterocycles. The summed E-state index contributed by atoms with van der Waals surface area (Å²) in [5, 5.41) is 14.8. The predicted molar refractivity (Wildman–Crippen MR) is 102 cm³/mol. The van der Waals surface area contributed by atoms with Gasteiger partial charge in [0.05, 0.1) is 11.1 Å². The number of hydrogen-bond acceptors (Lipinski definition) is 4. The Kier molecular flexibility index (Phi) is 7.24. The van der Waals surface area contributed by atoms with E-state index >= 15 is 0 Å². The lowest BCUT2D eigenvalue weighted by atomic mass is 10.2. The average molecular weight is 367 g/mol. The Bertz CT molecular complexity index is 828. The Morgan fingerprint density at radius 3 is 2.31 bits per heavy atom. The van der Waals surface area contributed by atoms with Crippen LogP contribution in [0.25, 0.3) is 0 Å². The maximum atomic E-state index is 12.5. The molecule has 6 heteroatoms. The van der Waals surface area contributed by atoms with Crippen molar-refractivity contribution in [2.75, 3.05) is 13.1 Å². The highest BCUT2D eigenvalue weighted by atomic mass is 32.2. The molecule has 0 aromatic heterocycles. The molecule has 0 aliphatic heterocycles. The third kappa shape index (κ3) is 5.36. The van der Waals surface area contributed by atoms with Gasteiger partial charge in [0.1, 0.15) is 6.07 Å². The van der Waals surface area contributed by atoms with Gasteiger partial charge in [-0.25, -0.2) is 0 Å². The highest BCUT2D eigenvalue weighted by Crippen LogP contribution is 2.32. The second-order valence-electron chi connectivity index (χ2n) is 5.91. The maximum Gasteiger partial charge on any atom is 0.252 e. The van der Waals surface area contributed by atoms with Crippen LogP contribution in [0, 0.1) is 17.2 Å². The molecule has 0 aliphatic carbocycles. The summed E-state index contributed by atoms with van der Waals surface area (Å²) in [5.74, 6) is -0.326. The number of benzene rings is 2. The van der Waals surface area contributed by atoms with Crippen molar-refractivity contribution in [3.05, 3.63) is 59.7 Å². The van der Waals surface area contributed by atoms with E-state index in [9.17, 15) is 14.9 Å². The summed E-state index contributed by atoms with van der Waals surface area (Å²) in [7, 11) is 0. The summed E-state index contributed by atoms with van der Waals surface area (Å²) in [6.07, 6.45) is 0. The van der Waals surface area contributed by atoms with Gasteiger partial charge in [0.25, 0.3) is 5.91 Å². The van der Waals surface area contributed by atoms with E-state index in [0.29, 0.717) is 24.2 Å². The zero-order chi connectivity index (χ0) is 18.9. The summed E-state index contributed by atoms with van der Waals surface area (Å²) in [4.78, 5) is 25.6. The number of nitrogens with one attached hydrogen (secondary N) is 2. The van der Waals surface area contributed by atoms with Crippen LogP contribution in [0.3, 0.4) is 0 Å². The Morgan fingerprint density at radius 2 is 1.62 bits per heavy atom. The first-order valence-electron chi connectivity index (χ1n) is 8.35. The van der Waals surface area contributed by atoms with Crippen LogP contribution in [0.2, 0.25) is 0 Å². The molecule has 0 atom stereocenters. The fraction of sp³-hybridized carbons (Fsp3) is 0.250. The lowest BCUT2D eigenvalue weighted by molar-refractivity contribution is -0.123. The first kappa shape index (κ1) is 19.5. The van der Waals surface area contributed by atoms with Gasteiger partial charge in [0.15, 0.2) is 0 Å². The highest BCUT2D eigenvalue weighted by Gasteiger charge is 2.13. The second-order valence-corrected chi connectivity index (χ2v) is 6.99. The summed E-state index contributed by atoms with van der Waals surface area (Å²) in [6, 6.07) is 16.7. The lowest BCUT2D eigenvalue weighted by Gasteiger charge is -2.11. The van der Waals surface area contributed by atoms with Crippen LogP contribution in [0.4, 0.5) is 0 Å². The van der Waals surface area contributed by atoms with Gasteiger partial charge in [-0.15, -0.1) is 0 Å². The zero-order valence-corrected chi connectivity index (χ0v) is 15.6. The van der Waals surface area contributed by atoms with Crippen molar-refractivity contribution in [1.29, 1.82) is 5.26 Å². The van der Waals surface area contributed by atoms with E-state index in [1.165, 1.54) is 11.8 Å². The van der Waals surface area contributed by atoms with Crippen molar-refractivity contribution in [1.82, 2.24) is 10.6 Å². The molecule has 26 heavy (non-hydrogen) atoms. The Hall–Kier alpha value is -2.78. The molecule has 134 valence electrons. The maximum absolute atomic E-state index is 12.5. The summed E-state index contributed by atoms with van der Waals surface area (Å²) >= 11 is 1.39. The number of carbonyl (C=O) groups excluding carboxylic acids is 2. The zero-order valence-electron chi connectivity index (χ0n) is 14.8. The van der Waals surface area contributed by atoms with E-state index < -0.39 is 0 Å². The molecular formula is C20H21N3O2S. The smallest absolute Gasteiger partial charge is 0.252 e. The molecule has 0 saturated heterocycles. The summed E-state index contributed by atoms with van der Waals surface area (Å²) in [6.45, 7) is 4.38. The number of carbonyl (C=O) groups is 2. The molecule has 0 radical (unpaired) electrons. The molecule has 0 bridgehead atoms. The van der Waals surface area contributed by atoms with Gasteiger partial charge in [-0.1, -0.05) is 49.9 Å². The number of hydrogen-bond donors (Lipinski definition) is 2. The van der Waals surface area contributed by atoms with Gasteiger partial charge in [-0.2, -0.15) is 5.26 Å². The molecule has 0 saturated carbocycles. The van der Waals surface area contributed by atoms with Crippen LogP contribution in [0.5, 0.6) is 0 Å². The van der Waals surface area contributed by atoms with E-state index in [1.807, 2.05) is 44.2 Å². The highest BCUT2D eigenvalue weighted by molar-refractivity contribution is 7.99. The molecule has 0 unspecified atom stereocenters. The monoisotopic (exact) mass is 367 g/mol. The van der Waals surface area contributed by atoms with E-state index in [0.717, 1.165) is 9.79 Å². The second kappa shape index (κ2) is 9.64. The predicted octanol–water partition coefficient (Wildman–Crippen LogP) is 3.21. The van der Waals surface area contributed by atoms with Crippen LogP contribution in [0.1, 0.15) is 29.8 Å². The van der Waals surface area contributed by atoms with Gasteiger partial charge in [-0.05, 0) is 24.3 Å². The topological polar surface area (TPSA) is 82.0 Å². The molecule has 0 spiro atoms. The Morgan fingerprint density at radius 1 is 1.00 bits per heavy atom. The number of rotatable bonds is 7. The van der Waals surface area contributed by atoms with Crippen molar-refractivity contribution < 1.29 is 9.59 Å². The first-order chi connectivity index (χ1) is 12.5. The lowest BCUT2D eigenvalue weighted by Crippen LogP contribution is -2.36. The van der Waals surface area contributed by atoms with Crippen molar-refractivity contribution >= 4 is 23.6 Å². The van der Waals surface area contributed by atoms with Crippen molar-refractivity contribution in [3.63, 3.8) is 0 Å². The third-order valence-electron chi connectivity index (χ3n) is 3.59. The molecule has 2 aromatic carbocycles. The molecule has 0 fully saturated rings. The van der Waals surface area contributed by atoms with Crippen molar-refractivity contribution in [2.45, 2.75) is 23.6 Å². The van der Waals surface area contributed by atoms with Crippen LogP contribution in [-0.2, 0) is 4.79 Å². The third-order valence-corrected chi connectivity index (χ3v) is 4.75. The van der Waals surface area contributed by atoms with Crippen LogP contribution >= 0.6 is 11.8 Å². The average Bonchev–Trinajstić information content (AvgIpc) is 2.65. The van der Waals surface area contributed by atoms with E-state index in [1.54, 1.807) is 18.2 Å². The van der Waals surface area contributed by atoms with Gasteiger partial charge in [0.2, 0.25) is 5.91 Å². The molecule has 5 nitrogen and oxygen atoms in total. The Balaban J connectivity index is 2.03. The fourth-order valence-corrected chi connectivity index (χ4v) is 3.20. The minimum atomic E-state index is -0.207. The minimum absolute atomic E-state index is 0.0386. The van der Waals surface area contributed by atoms with Crippen LogP contribution in [0.15, 0.2) is 58.3 Å². The van der Waals surface area contributed by atoms with Gasteiger partial charge < -0.3 is 10.6 Å². The molecule has 2 amide bonds.